The van der Waals surface area contributed by atoms with E-state index in [1.54, 1.807) is 0 Å². The molecule has 0 bridgehead atoms. The fraction of sp³-hybridized carbons (Fsp3) is 0.278. The summed E-state index contributed by atoms with van der Waals surface area (Å²) in [5.74, 6) is -0.502. The number of carbonyl (C=O) groups is 1. The van der Waals surface area contributed by atoms with E-state index in [1.165, 1.54) is 12.1 Å². The monoisotopic (exact) mass is 448 g/mol. The van der Waals surface area contributed by atoms with E-state index in [2.05, 4.69) is 5.32 Å². The number of rotatable bonds is 5. The molecule has 146 valence electrons. The number of benzene rings is 2. The first-order valence-corrected chi connectivity index (χ1v) is 10.9. The van der Waals surface area contributed by atoms with Gasteiger partial charge in [0.15, 0.2) is 0 Å². The van der Waals surface area contributed by atoms with Gasteiger partial charge in [0, 0.05) is 5.69 Å². The number of anilines is 2. The zero-order valence-corrected chi connectivity index (χ0v) is 18.3. The van der Waals surface area contributed by atoms with E-state index in [1.807, 2.05) is 32.9 Å². The lowest BCUT2D eigenvalue weighted by molar-refractivity contribution is -0.114. The highest BCUT2D eigenvalue weighted by molar-refractivity contribution is 7.92. The lowest BCUT2D eigenvalue weighted by atomic mass is 10.1. The van der Waals surface area contributed by atoms with E-state index in [0.29, 0.717) is 5.69 Å². The molecule has 1 N–H and O–H groups in total. The van der Waals surface area contributed by atoms with Crippen molar-refractivity contribution in [3.8, 4) is 0 Å². The average molecular weight is 450 g/mol. The molecule has 0 heterocycles. The molecule has 0 atom stereocenters. The molecule has 0 fully saturated rings. The van der Waals surface area contributed by atoms with Crippen LogP contribution in [0.2, 0.25) is 15.1 Å². The van der Waals surface area contributed by atoms with Crippen LogP contribution in [0.25, 0.3) is 0 Å². The molecule has 27 heavy (non-hydrogen) atoms. The zero-order valence-electron chi connectivity index (χ0n) is 15.2. The number of halogens is 3. The van der Waals surface area contributed by atoms with Gasteiger partial charge in [0.05, 0.1) is 27.0 Å². The number of amides is 1. The zero-order chi connectivity index (χ0) is 20.5. The normalized spacial score (nSPS) is 11.4. The highest BCUT2D eigenvalue weighted by Crippen LogP contribution is 2.35. The van der Waals surface area contributed by atoms with E-state index in [4.69, 9.17) is 34.8 Å². The van der Waals surface area contributed by atoms with Crippen molar-refractivity contribution in [3.05, 3.63) is 56.0 Å². The first kappa shape index (κ1) is 21.8. The molecular weight excluding hydrogens is 431 g/mol. The van der Waals surface area contributed by atoms with Gasteiger partial charge in [-0.2, -0.15) is 0 Å². The standard InChI is InChI=1S/C18H19Cl3N2O3S/c1-10-5-11(2)18(12(3)6-10)22-17(24)9-23(27(4,25)26)16-8-14(20)13(19)7-15(16)21/h5-8H,9H2,1-4H3,(H,22,24). The van der Waals surface area contributed by atoms with Crippen molar-refractivity contribution in [1.82, 2.24) is 0 Å². The summed E-state index contributed by atoms with van der Waals surface area (Å²) >= 11 is 18.0. The van der Waals surface area contributed by atoms with Crippen LogP contribution in [-0.2, 0) is 14.8 Å². The molecule has 0 aliphatic carbocycles. The molecule has 0 aromatic heterocycles. The van der Waals surface area contributed by atoms with Crippen LogP contribution in [0.4, 0.5) is 11.4 Å². The molecule has 2 rings (SSSR count). The van der Waals surface area contributed by atoms with Gasteiger partial charge in [-0.3, -0.25) is 9.10 Å². The van der Waals surface area contributed by atoms with E-state index in [9.17, 15) is 13.2 Å². The molecule has 9 heteroatoms. The molecule has 0 aliphatic heterocycles. The summed E-state index contributed by atoms with van der Waals surface area (Å²) in [4.78, 5) is 12.6. The molecule has 0 spiro atoms. The predicted molar refractivity (Wildman–Crippen MR) is 113 cm³/mol. The Balaban J connectivity index is 2.36. The minimum absolute atomic E-state index is 0.0744. The lowest BCUT2D eigenvalue weighted by Gasteiger charge is -2.24. The summed E-state index contributed by atoms with van der Waals surface area (Å²) in [6.07, 6.45) is 0.988. The Morgan fingerprint density at radius 1 is 0.963 bits per heavy atom. The third kappa shape index (κ3) is 5.29. The second-order valence-electron chi connectivity index (χ2n) is 6.31. The van der Waals surface area contributed by atoms with Crippen molar-refractivity contribution in [3.63, 3.8) is 0 Å². The molecule has 0 radical (unpaired) electrons. The van der Waals surface area contributed by atoms with Gasteiger partial charge in [-0.15, -0.1) is 0 Å². The SMILES string of the molecule is Cc1cc(C)c(NC(=O)CN(c2cc(Cl)c(Cl)cc2Cl)S(C)(=O)=O)c(C)c1. The molecule has 5 nitrogen and oxygen atoms in total. The highest BCUT2D eigenvalue weighted by atomic mass is 35.5. The smallest absolute Gasteiger partial charge is 0.245 e. The maximum atomic E-state index is 12.6. The Hall–Kier alpha value is -1.47. The summed E-state index contributed by atoms with van der Waals surface area (Å²) in [5, 5.41) is 3.17. The second-order valence-corrected chi connectivity index (χ2v) is 9.44. The van der Waals surface area contributed by atoms with Gasteiger partial charge in [0.1, 0.15) is 6.54 Å². The highest BCUT2D eigenvalue weighted by Gasteiger charge is 2.24. The van der Waals surface area contributed by atoms with Crippen LogP contribution in [0.15, 0.2) is 24.3 Å². The van der Waals surface area contributed by atoms with Gasteiger partial charge in [0.2, 0.25) is 15.9 Å². The molecule has 0 saturated carbocycles. The Morgan fingerprint density at radius 3 is 2.00 bits per heavy atom. The number of nitrogens with one attached hydrogen (secondary N) is 1. The minimum Gasteiger partial charge on any atom is -0.324 e. The summed E-state index contributed by atoms with van der Waals surface area (Å²) in [6.45, 7) is 5.26. The number of carbonyl (C=O) groups excluding carboxylic acids is 1. The molecule has 0 saturated heterocycles. The largest absolute Gasteiger partial charge is 0.324 e. The van der Waals surface area contributed by atoms with Crippen molar-refractivity contribution < 1.29 is 13.2 Å². The molecular formula is C18H19Cl3N2O3S. The maximum absolute atomic E-state index is 12.6. The van der Waals surface area contributed by atoms with Gasteiger partial charge in [0.25, 0.3) is 0 Å². The number of nitrogens with zero attached hydrogens (tertiary/aromatic N) is 1. The third-order valence-electron chi connectivity index (χ3n) is 3.89. The van der Waals surface area contributed by atoms with Gasteiger partial charge in [-0.05, 0) is 44.0 Å². The van der Waals surface area contributed by atoms with Gasteiger partial charge in [-0.1, -0.05) is 52.5 Å². The Morgan fingerprint density at radius 2 is 1.48 bits per heavy atom. The first-order valence-electron chi connectivity index (χ1n) is 7.90. The summed E-state index contributed by atoms with van der Waals surface area (Å²) in [5.41, 5.74) is 3.59. The molecule has 1 amide bonds. The van der Waals surface area contributed by atoms with Crippen LogP contribution in [0, 0.1) is 20.8 Å². The quantitative estimate of drug-likeness (QED) is 0.655. The van der Waals surface area contributed by atoms with Crippen LogP contribution in [0.1, 0.15) is 16.7 Å². The topological polar surface area (TPSA) is 66.5 Å². The van der Waals surface area contributed by atoms with Crippen molar-refractivity contribution in [2.24, 2.45) is 0 Å². The molecule has 2 aromatic carbocycles. The number of hydrogen-bond donors (Lipinski definition) is 1. The summed E-state index contributed by atoms with van der Waals surface area (Å²) in [7, 11) is -3.80. The molecule has 2 aromatic rings. The Bertz CT molecular complexity index is 984. The van der Waals surface area contributed by atoms with Crippen LogP contribution >= 0.6 is 34.8 Å². The Labute approximate surface area is 174 Å². The maximum Gasteiger partial charge on any atom is 0.245 e. The van der Waals surface area contributed by atoms with E-state index in [0.717, 1.165) is 27.3 Å². The average Bonchev–Trinajstić information content (AvgIpc) is 2.51. The predicted octanol–water partition coefficient (Wildman–Crippen LogP) is 4.98. The van der Waals surface area contributed by atoms with Crippen molar-refractivity contribution in [1.29, 1.82) is 0 Å². The van der Waals surface area contributed by atoms with Gasteiger partial charge in [-0.25, -0.2) is 8.42 Å². The van der Waals surface area contributed by atoms with Crippen molar-refractivity contribution in [2.45, 2.75) is 20.8 Å². The minimum atomic E-state index is -3.80. The first-order chi connectivity index (χ1) is 12.4. The van der Waals surface area contributed by atoms with E-state index < -0.39 is 22.5 Å². The number of hydrogen-bond acceptors (Lipinski definition) is 3. The third-order valence-corrected chi connectivity index (χ3v) is 6.04. The fourth-order valence-electron chi connectivity index (χ4n) is 2.77. The number of sulfonamides is 1. The van der Waals surface area contributed by atoms with E-state index in [-0.39, 0.29) is 20.8 Å². The summed E-state index contributed by atoms with van der Waals surface area (Å²) in [6, 6.07) is 6.54. The van der Waals surface area contributed by atoms with Crippen LogP contribution in [0.5, 0.6) is 0 Å². The van der Waals surface area contributed by atoms with E-state index >= 15 is 0 Å². The molecule has 0 unspecified atom stereocenters. The van der Waals surface area contributed by atoms with Crippen LogP contribution < -0.4 is 9.62 Å². The summed E-state index contributed by atoms with van der Waals surface area (Å²) < 4.78 is 25.4. The Kier molecular flexibility index (Phi) is 6.68. The fourth-order valence-corrected chi connectivity index (χ4v) is 4.32. The number of aryl methyl sites for hydroxylation is 3. The van der Waals surface area contributed by atoms with Crippen LogP contribution in [0.3, 0.4) is 0 Å². The van der Waals surface area contributed by atoms with Gasteiger partial charge < -0.3 is 5.32 Å². The van der Waals surface area contributed by atoms with Crippen LogP contribution in [-0.4, -0.2) is 27.1 Å². The second kappa shape index (κ2) is 8.27. The van der Waals surface area contributed by atoms with Gasteiger partial charge >= 0.3 is 0 Å². The van der Waals surface area contributed by atoms with Crippen molar-refractivity contribution in [2.75, 3.05) is 22.4 Å². The molecule has 0 aliphatic rings. The lowest BCUT2D eigenvalue weighted by Crippen LogP contribution is -2.37. The van der Waals surface area contributed by atoms with Crippen molar-refractivity contribution >= 4 is 62.1 Å².